The van der Waals surface area contributed by atoms with Crippen LogP contribution in [0.5, 0.6) is 0 Å². The Kier molecular flexibility index (Phi) is 4.67. The van der Waals surface area contributed by atoms with Crippen molar-refractivity contribution >= 4 is 50.4 Å². The first-order chi connectivity index (χ1) is 9.79. The molecule has 1 heterocycles. The maximum Gasteiger partial charge on any atom is 0.337 e. The number of anilines is 1. The summed E-state index contributed by atoms with van der Waals surface area (Å²) < 4.78 is 13.6. The van der Waals surface area contributed by atoms with E-state index in [4.69, 9.17) is 0 Å². The van der Waals surface area contributed by atoms with Gasteiger partial charge in [-0.05, 0) is 28.1 Å². The van der Waals surface area contributed by atoms with E-state index in [1.165, 1.54) is 11.8 Å². The largest absolute Gasteiger partial charge is 0.478 e. The second kappa shape index (κ2) is 6.15. The SMILES string of the molecule is CC(=O)SC1CC(=O)N(c2c(Br)cc(F)cc2C(=O)O)C1. The lowest BCUT2D eigenvalue weighted by atomic mass is 10.1. The molecule has 0 radical (unpaired) electrons. The van der Waals surface area contributed by atoms with E-state index < -0.39 is 11.8 Å². The number of nitrogens with zero attached hydrogens (tertiary/aromatic N) is 1. The van der Waals surface area contributed by atoms with Gasteiger partial charge in [-0.1, -0.05) is 11.8 Å². The van der Waals surface area contributed by atoms with Crippen molar-refractivity contribution in [1.29, 1.82) is 0 Å². The zero-order valence-corrected chi connectivity index (χ0v) is 13.3. The lowest BCUT2D eigenvalue weighted by Gasteiger charge is -2.20. The number of halogens is 2. The van der Waals surface area contributed by atoms with Gasteiger partial charge in [-0.25, -0.2) is 9.18 Å². The molecular formula is C13H11BrFNO4S. The number of carboxylic acid groups (broad SMARTS) is 1. The van der Waals surface area contributed by atoms with Crippen molar-refractivity contribution in [3.63, 3.8) is 0 Å². The van der Waals surface area contributed by atoms with Crippen LogP contribution in [0.25, 0.3) is 0 Å². The van der Waals surface area contributed by atoms with Crippen LogP contribution < -0.4 is 4.90 Å². The van der Waals surface area contributed by atoms with Crippen molar-refractivity contribution in [2.45, 2.75) is 18.6 Å². The van der Waals surface area contributed by atoms with Gasteiger partial charge in [0.15, 0.2) is 5.12 Å². The Morgan fingerprint density at radius 1 is 1.48 bits per heavy atom. The molecule has 1 unspecified atom stereocenters. The lowest BCUT2D eigenvalue weighted by molar-refractivity contribution is -0.117. The molecule has 1 amide bonds. The van der Waals surface area contributed by atoms with Gasteiger partial charge in [0, 0.05) is 29.6 Å². The number of rotatable bonds is 3. The summed E-state index contributed by atoms with van der Waals surface area (Å²) in [6.45, 7) is 1.63. The summed E-state index contributed by atoms with van der Waals surface area (Å²) in [5, 5.41) is 8.85. The first-order valence-electron chi connectivity index (χ1n) is 5.99. The molecule has 0 aromatic heterocycles. The molecule has 1 aromatic rings. The zero-order chi connectivity index (χ0) is 15.7. The average Bonchev–Trinajstić information content (AvgIpc) is 2.67. The number of aromatic carboxylic acids is 1. The summed E-state index contributed by atoms with van der Waals surface area (Å²) in [6, 6.07) is 1.99. The molecule has 0 aliphatic carbocycles. The Morgan fingerprint density at radius 3 is 2.71 bits per heavy atom. The minimum Gasteiger partial charge on any atom is -0.478 e. The van der Waals surface area contributed by atoms with E-state index in [1.54, 1.807) is 0 Å². The first kappa shape index (κ1) is 16.0. The van der Waals surface area contributed by atoms with E-state index in [0.717, 1.165) is 23.9 Å². The number of amides is 1. The van der Waals surface area contributed by atoms with E-state index in [2.05, 4.69) is 15.9 Å². The third-order valence-electron chi connectivity index (χ3n) is 2.95. The van der Waals surface area contributed by atoms with Gasteiger partial charge < -0.3 is 10.0 Å². The molecule has 1 fully saturated rings. The number of thioether (sulfide) groups is 1. The fourth-order valence-electron chi connectivity index (χ4n) is 2.21. The Balaban J connectivity index is 2.40. The van der Waals surface area contributed by atoms with Gasteiger partial charge in [0.05, 0.1) is 11.3 Å². The fraction of sp³-hybridized carbons (Fsp3) is 0.308. The maximum atomic E-state index is 13.4. The van der Waals surface area contributed by atoms with Crippen LogP contribution in [0.3, 0.4) is 0 Å². The van der Waals surface area contributed by atoms with Crippen LogP contribution in [0.1, 0.15) is 23.7 Å². The van der Waals surface area contributed by atoms with Gasteiger partial charge in [0.2, 0.25) is 5.91 Å². The molecule has 0 spiro atoms. The van der Waals surface area contributed by atoms with Crippen LogP contribution >= 0.6 is 27.7 Å². The minimum absolute atomic E-state index is 0.105. The molecule has 1 aromatic carbocycles. The van der Waals surface area contributed by atoms with Crippen LogP contribution in [-0.4, -0.2) is 33.9 Å². The summed E-state index contributed by atoms with van der Waals surface area (Å²) in [5.74, 6) is -2.31. The number of carboxylic acids is 1. The standard InChI is InChI=1S/C13H11BrFNO4S/c1-6(17)21-8-4-11(18)16(5-8)12-9(13(19)20)2-7(15)3-10(12)14/h2-3,8H,4-5H2,1H3,(H,19,20). The summed E-state index contributed by atoms with van der Waals surface area (Å²) in [5.41, 5.74) is -0.163. The summed E-state index contributed by atoms with van der Waals surface area (Å²) >= 11 is 4.15. The highest BCUT2D eigenvalue weighted by atomic mass is 79.9. The van der Waals surface area contributed by atoms with E-state index in [1.807, 2.05) is 0 Å². The quantitative estimate of drug-likeness (QED) is 0.878. The predicted molar refractivity (Wildman–Crippen MR) is 80.1 cm³/mol. The topological polar surface area (TPSA) is 74.7 Å². The molecule has 1 saturated heterocycles. The third kappa shape index (κ3) is 3.44. The van der Waals surface area contributed by atoms with E-state index >= 15 is 0 Å². The summed E-state index contributed by atoms with van der Waals surface area (Å²) in [4.78, 5) is 35.7. The fourth-order valence-corrected chi connectivity index (χ4v) is 3.77. The van der Waals surface area contributed by atoms with Gasteiger partial charge in [0.1, 0.15) is 5.82 Å². The zero-order valence-electron chi connectivity index (χ0n) is 10.9. The highest BCUT2D eigenvalue weighted by Crippen LogP contribution is 2.36. The van der Waals surface area contributed by atoms with Gasteiger partial charge >= 0.3 is 5.97 Å². The molecule has 8 heteroatoms. The van der Waals surface area contributed by atoms with Crippen LogP contribution in [0.2, 0.25) is 0 Å². The number of hydrogen-bond donors (Lipinski definition) is 1. The molecule has 0 bridgehead atoms. The smallest absolute Gasteiger partial charge is 0.337 e. The van der Waals surface area contributed by atoms with E-state index in [9.17, 15) is 23.9 Å². The van der Waals surface area contributed by atoms with Crippen LogP contribution in [0, 0.1) is 5.82 Å². The maximum absolute atomic E-state index is 13.4. The average molecular weight is 376 g/mol. The van der Waals surface area contributed by atoms with Gasteiger partial charge in [0.25, 0.3) is 0 Å². The summed E-state index contributed by atoms with van der Waals surface area (Å²) in [6.07, 6.45) is 0.146. The van der Waals surface area contributed by atoms with Crippen molar-refractivity contribution in [2.24, 2.45) is 0 Å². The van der Waals surface area contributed by atoms with Crippen molar-refractivity contribution in [3.8, 4) is 0 Å². The third-order valence-corrected chi connectivity index (χ3v) is 4.54. The van der Waals surface area contributed by atoms with Crippen molar-refractivity contribution in [2.75, 3.05) is 11.4 Å². The molecule has 2 rings (SSSR count). The second-order valence-corrected chi connectivity index (χ2v) is 6.86. The van der Waals surface area contributed by atoms with Crippen LogP contribution in [0.4, 0.5) is 10.1 Å². The number of carbonyl (C=O) groups is 3. The summed E-state index contributed by atoms with van der Waals surface area (Å²) in [7, 11) is 0. The molecule has 112 valence electrons. The van der Waals surface area contributed by atoms with Gasteiger partial charge in [-0.3, -0.25) is 9.59 Å². The molecule has 21 heavy (non-hydrogen) atoms. The number of hydrogen-bond acceptors (Lipinski definition) is 4. The normalized spacial score (nSPS) is 18.1. The van der Waals surface area contributed by atoms with Crippen molar-refractivity contribution in [3.05, 3.63) is 28.0 Å². The molecule has 1 aliphatic rings. The molecule has 1 aliphatic heterocycles. The van der Waals surface area contributed by atoms with Crippen LogP contribution in [0.15, 0.2) is 16.6 Å². The van der Waals surface area contributed by atoms with Gasteiger partial charge in [-0.15, -0.1) is 0 Å². The molecular weight excluding hydrogens is 365 g/mol. The van der Waals surface area contributed by atoms with E-state index in [-0.39, 0.29) is 45.0 Å². The highest BCUT2D eigenvalue weighted by molar-refractivity contribution is 9.10. The second-order valence-electron chi connectivity index (χ2n) is 4.53. The molecule has 5 nitrogen and oxygen atoms in total. The highest BCUT2D eigenvalue weighted by Gasteiger charge is 2.35. The monoisotopic (exact) mass is 375 g/mol. The Bertz CT molecular complexity index is 637. The Labute approximate surface area is 132 Å². The molecule has 0 saturated carbocycles. The molecule has 1 atom stereocenters. The van der Waals surface area contributed by atoms with Gasteiger partial charge in [-0.2, -0.15) is 0 Å². The Hall–Kier alpha value is -1.41. The van der Waals surface area contributed by atoms with Crippen molar-refractivity contribution < 1.29 is 23.9 Å². The van der Waals surface area contributed by atoms with Crippen LogP contribution in [-0.2, 0) is 9.59 Å². The first-order valence-corrected chi connectivity index (χ1v) is 7.66. The lowest BCUT2D eigenvalue weighted by Crippen LogP contribution is -2.27. The Morgan fingerprint density at radius 2 is 2.14 bits per heavy atom. The van der Waals surface area contributed by atoms with E-state index in [0.29, 0.717) is 0 Å². The molecule has 1 N–H and O–H groups in total. The number of benzene rings is 1. The van der Waals surface area contributed by atoms with Crippen molar-refractivity contribution in [1.82, 2.24) is 0 Å². The minimum atomic E-state index is -1.32. The predicted octanol–water partition coefficient (Wildman–Crippen LogP) is 2.67. The number of carbonyl (C=O) groups excluding carboxylic acids is 2.